The van der Waals surface area contributed by atoms with Gasteiger partial charge in [-0.3, -0.25) is 0 Å². The van der Waals surface area contributed by atoms with E-state index in [4.69, 9.17) is 4.74 Å². The number of fused-ring (bicyclic) bond motifs is 8. The third-order valence-electron chi connectivity index (χ3n) is 17.5. The fraction of sp³-hybridized carbons (Fsp3) is 0. The molecule has 4 aliphatic rings. The lowest BCUT2D eigenvalue weighted by atomic mass is 9.31. The maximum Gasteiger partial charge on any atom is 0.253 e. The molecule has 85 heavy (non-hydrogen) atoms. The van der Waals surface area contributed by atoms with Crippen LogP contribution < -0.4 is 52.2 Å². The van der Waals surface area contributed by atoms with E-state index in [1.54, 1.807) is 0 Å². The molecular weight excluding hydrogens is 1050 g/mol. The number of ether oxygens (including phenoxy) is 1. The van der Waals surface area contributed by atoms with Crippen molar-refractivity contribution >= 4 is 109 Å². The Balaban J connectivity index is 0.986. The summed E-state index contributed by atoms with van der Waals surface area (Å²) in [7, 11) is 0. The van der Waals surface area contributed by atoms with E-state index >= 15 is 0 Å². The molecule has 0 N–H and O–H groups in total. The summed E-state index contributed by atoms with van der Waals surface area (Å²) in [5, 5.41) is 0. The van der Waals surface area contributed by atoms with Crippen LogP contribution in [0.2, 0.25) is 0 Å². The molecule has 0 fully saturated rings. The summed E-state index contributed by atoms with van der Waals surface area (Å²) < 4.78 is 7.69. The minimum Gasteiger partial charge on any atom is -0.458 e. The van der Waals surface area contributed by atoms with E-state index in [-0.39, 0.29) is 13.4 Å². The van der Waals surface area contributed by atoms with Crippen molar-refractivity contribution in [3.63, 3.8) is 0 Å². The van der Waals surface area contributed by atoms with Gasteiger partial charge in [-0.25, -0.2) is 0 Å². The second kappa shape index (κ2) is 20.2. The molecule has 13 aromatic rings. The number of hydrogen-bond acceptors (Lipinski definition) is 5. The summed E-state index contributed by atoms with van der Waals surface area (Å²) in [6.07, 6.45) is 0. The summed E-state index contributed by atoms with van der Waals surface area (Å²) in [5.41, 5.74) is 26.4. The van der Waals surface area contributed by atoms with Gasteiger partial charge >= 0.3 is 0 Å². The number of nitrogens with zero attached hydrogens (tertiary/aromatic N) is 3. The van der Waals surface area contributed by atoms with Crippen LogP contribution in [-0.2, 0) is 0 Å². The molecule has 0 saturated heterocycles. The highest BCUT2D eigenvalue weighted by Gasteiger charge is 2.48. The Morgan fingerprint density at radius 1 is 0.282 bits per heavy atom. The predicted octanol–water partition coefficient (Wildman–Crippen LogP) is 17.0. The molecule has 396 valence electrons. The van der Waals surface area contributed by atoms with Crippen LogP contribution in [0.15, 0.2) is 319 Å². The summed E-state index contributed by atoms with van der Waals surface area (Å²) in [6, 6.07) is 114. The lowest BCUT2D eigenvalue weighted by Crippen LogP contribution is -2.64. The minimum atomic E-state index is -0.173. The first-order valence-electron chi connectivity index (χ1n) is 29.2. The summed E-state index contributed by atoms with van der Waals surface area (Å²) in [5.74, 6) is 1.71. The number of rotatable bonds is 9. The third-order valence-corrected chi connectivity index (χ3v) is 18.7. The van der Waals surface area contributed by atoms with E-state index < -0.39 is 0 Å². The average Bonchev–Trinajstić information content (AvgIpc) is 1.78. The normalized spacial score (nSPS) is 12.9. The van der Waals surface area contributed by atoms with Gasteiger partial charge in [0.25, 0.3) is 13.4 Å². The molecule has 4 aliphatic heterocycles. The molecule has 0 atom stereocenters. The van der Waals surface area contributed by atoms with Crippen molar-refractivity contribution in [3.8, 4) is 56.0 Å². The van der Waals surface area contributed by atoms with Gasteiger partial charge in [0.05, 0.1) is 17.1 Å². The molecule has 0 aliphatic carbocycles. The molecule has 0 amide bonds. The maximum absolute atomic E-state index is 7.69. The number of hydrogen-bond donors (Lipinski definition) is 0. The molecule has 0 saturated carbocycles. The summed E-state index contributed by atoms with van der Waals surface area (Å²) in [6.45, 7) is -0.277. The van der Waals surface area contributed by atoms with Gasteiger partial charge in [-0.05, 0) is 116 Å². The number of benzene rings is 13. The molecule has 0 bridgehead atoms. The molecule has 4 nitrogen and oxygen atoms in total. The van der Waals surface area contributed by atoms with E-state index in [1.807, 2.05) is 11.8 Å². The lowest BCUT2D eigenvalue weighted by Gasteiger charge is -2.46. The second-order valence-corrected chi connectivity index (χ2v) is 23.3. The zero-order valence-corrected chi connectivity index (χ0v) is 47.1. The van der Waals surface area contributed by atoms with Crippen molar-refractivity contribution in [1.82, 2.24) is 0 Å². The smallest absolute Gasteiger partial charge is 0.253 e. The van der Waals surface area contributed by atoms with Crippen LogP contribution in [0.4, 0.5) is 51.2 Å². The van der Waals surface area contributed by atoms with Gasteiger partial charge in [0.1, 0.15) is 11.5 Å². The summed E-state index contributed by atoms with van der Waals surface area (Å²) >= 11 is 1.85. The first kappa shape index (κ1) is 49.2. The molecule has 7 heteroatoms. The first-order valence-corrected chi connectivity index (χ1v) is 30.0. The molecule has 0 radical (unpaired) electrons. The largest absolute Gasteiger partial charge is 0.458 e. The van der Waals surface area contributed by atoms with Crippen molar-refractivity contribution in [2.24, 2.45) is 0 Å². The van der Waals surface area contributed by atoms with Crippen molar-refractivity contribution in [2.45, 2.75) is 9.79 Å². The molecule has 0 aromatic heterocycles. The minimum absolute atomic E-state index is 0.105. The Labute approximate surface area is 500 Å². The van der Waals surface area contributed by atoms with Gasteiger partial charge in [0.15, 0.2) is 0 Å². The van der Waals surface area contributed by atoms with Gasteiger partial charge in [-0.15, -0.1) is 0 Å². The van der Waals surface area contributed by atoms with Crippen LogP contribution in [0.1, 0.15) is 0 Å². The summed E-state index contributed by atoms with van der Waals surface area (Å²) in [4.78, 5) is 9.98. The van der Waals surface area contributed by atoms with E-state index in [9.17, 15) is 0 Å². The predicted molar refractivity (Wildman–Crippen MR) is 359 cm³/mol. The molecule has 17 rings (SSSR count). The Morgan fingerprint density at radius 2 is 0.776 bits per heavy atom. The topological polar surface area (TPSA) is 19.0 Å². The Morgan fingerprint density at radius 3 is 1.41 bits per heavy atom. The van der Waals surface area contributed by atoms with Crippen LogP contribution in [0.5, 0.6) is 11.5 Å². The van der Waals surface area contributed by atoms with Crippen molar-refractivity contribution < 1.29 is 4.74 Å². The van der Waals surface area contributed by atoms with Crippen LogP contribution >= 0.6 is 11.8 Å². The molecule has 13 aromatic carbocycles. The monoisotopic (exact) mass is 1100 g/mol. The Kier molecular flexibility index (Phi) is 11.7. The average molecular weight is 1100 g/mol. The number of anilines is 9. The SMILES string of the molecule is c1ccc(-c2cc3c4c(c2)N(c2c(-c5ccccc5)cccc2-c2ccccc2)c2cc5c(cc2B4c2ccccc2N3c2ccccc2-c2ccccc2)B2c3ccccc3Sc3cc(N(c4ccccc4)c4ccccc4)cc(c32)O5)cc1. The quantitative estimate of drug-likeness (QED) is 0.134. The highest BCUT2D eigenvalue weighted by molar-refractivity contribution is 8.00. The van der Waals surface area contributed by atoms with Gasteiger partial charge < -0.3 is 19.4 Å². The lowest BCUT2D eigenvalue weighted by molar-refractivity contribution is 0.486. The zero-order chi connectivity index (χ0) is 56.0. The van der Waals surface area contributed by atoms with E-state index in [0.717, 1.165) is 107 Å². The molecule has 0 unspecified atom stereocenters. The number of para-hydroxylation sites is 5. The fourth-order valence-electron chi connectivity index (χ4n) is 13.9. The van der Waals surface area contributed by atoms with Crippen LogP contribution in [0.25, 0.3) is 44.5 Å². The van der Waals surface area contributed by atoms with Gasteiger partial charge in [0, 0.05) is 72.7 Å². The molecular formula is C78H51B2N3OS. The molecule has 4 heterocycles. The standard InChI is InChI=1S/C78H51B2N3OS/c1-7-26-52(27-8-1)56-46-70-76-71(47-56)83(78-61(54-30-11-3-12-31-54)39-25-40-62(78)55-32-13-4-14-33-55)69-51-72-66(50-65(69)79(76)63-41-20-23-44-68(63)82(70)67-43-22-19-38-60(67)53-28-9-2-10-29-53)80-64-42-21-24-45-74(64)85-75-49-59(48-73(84-72)77(75)80)81(57-34-15-5-16-35-57)58-36-17-6-18-37-58/h1-51H. The van der Waals surface area contributed by atoms with Crippen molar-refractivity contribution in [3.05, 3.63) is 309 Å². The second-order valence-electron chi connectivity index (χ2n) is 22.3. The van der Waals surface area contributed by atoms with E-state index in [0.29, 0.717) is 0 Å². The van der Waals surface area contributed by atoms with Crippen LogP contribution in [0.3, 0.4) is 0 Å². The van der Waals surface area contributed by atoms with Crippen LogP contribution in [0, 0.1) is 0 Å². The Bertz CT molecular complexity index is 4640. The first-order chi connectivity index (χ1) is 42.2. The maximum atomic E-state index is 7.69. The van der Waals surface area contributed by atoms with Gasteiger partial charge in [-0.1, -0.05) is 254 Å². The Hall–Kier alpha value is -10.5. The van der Waals surface area contributed by atoms with E-state index in [1.165, 1.54) is 42.7 Å². The van der Waals surface area contributed by atoms with Crippen molar-refractivity contribution in [2.75, 3.05) is 14.7 Å². The third kappa shape index (κ3) is 8.03. The zero-order valence-electron chi connectivity index (χ0n) is 46.3. The van der Waals surface area contributed by atoms with Gasteiger partial charge in [-0.2, -0.15) is 0 Å². The molecule has 0 spiro atoms. The highest BCUT2D eigenvalue weighted by Crippen LogP contribution is 2.53. The van der Waals surface area contributed by atoms with Crippen molar-refractivity contribution in [1.29, 1.82) is 0 Å². The van der Waals surface area contributed by atoms with Gasteiger partial charge in [0.2, 0.25) is 0 Å². The van der Waals surface area contributed by atoms with E-state index in [2.05, 4.69) is 324 Å². The fourth-order valence-corrected chi connectivity index (χ4v) is 15.1. The highest BCUT2D eigenvalue weighted by atomic mass is 32.2. The van der Waals surface area contributed by atoms with Crippen LogP contribution in [-0.4, -0.2) is 13.4 Å².